The number of nitrogens with one attached hydrogen (secondary N) is 1. The molecule has 0 unspecified atom stereocenters. The van der Waals surface area contributed by atoms with Crippen molar-refractivity contribution in [3.63, 3.8) is 0 Å². The van der Waals surface area contributed by atoms with Gasteiger partial charge in [0, 0.05) is 38.9 Å². The number of methoxy groups -OCH3 is 1. The highest BCUT2D eigenvalue weighted by Crippen LogP contribution is 2.21. The van der Waals surface area contributed by atoms with E-state index in [4.69, 9.17) is 9.26 Å². The van der Waals surface area contributed by atoms with Crippen LogP contribution in [0.15, 0.2) is 22.7 Å². The SMILES string of the molecule is COCCNc1nc2cc(C(=O)N(C)Cc3c(C)noc3C)ccc2n1C. The van der Waals surface area contributed by atoms with Gasteiger partial charge in [0.05, 0.1) is 29.9 Å². The van der Waals surface area contributed by atoms with Crippen molar-refractivity contribution in [3.8, 4) is 0 Å². The second-order valence-corrected chi connectivity index (χ2v) is 6.58. The molecule has 3 rings (SSSR count). The number of hydrogen-bond donors (Lipinski definition) is 1. The van der Waals surface area contributed by atoms with Crippen LogP contribution in [0, 0.1) is 13.8 Å². The molecular formula is C19H25N5O3. The molecule has 0 saturated carbocycles. The Morgan fingerprint density at radius 1 is 1.37 bits per heavy atom. The lowest BCUT2D eigenvalue weighted by Crippen LogP contribution is -2.26. The second kappa shape index (κ2) is 7.79. The second-order valence-electron chi connectivity index (χ2n) is 6.58. The van der Waals surface area contributed by atoms with Crippen molar-refractivity contribution in [2.75, 3.05) is 32.6 Å². The number of rotatable bonds is 7. The molecule has 0 spiro atoms. The molecule has 8 nitrogen and oxygen atoms in total. The molecule has 0 aliphatic carbocycles. The topological polar surface area (TPSA) is 85.4 Å². The van der Waals surface area contributed by atoms with Gasteiger partial charge in [0.25, 0.3) is 5.91 Å². The molecule has 2 aromatic heterocycles. The van der Waals surface area contributed by atoms with Crippen LogP contribution < -0.4 is 5.32 Å². The molecule has 1 aromatic carbocycles. The number of carbonyl (C=O) groups excluding carboxylic acids is 1. The Kier molecular flexibility index (Phi) is 5.46. The lowest BCUT2D eigenvalue weighted by atomic mass is 10.1. The number of anilines is 1. The van der Waals surface area contributed by atoms with Crippen LogP contribution in [0.25, 0.3) is 11.0 Å². The number of imidazole rings is 1. The Morgan fingerprint density at radius 2 is 2.15 bits per heavy atom. The number of ether oxygens (including phenoxy) is 1. The summed E-state index contributed by atoms with van der Waals surface area (Å²) in [6.45, 7) is 5.44. The van der Waals surface area contributed by atoms with Gasteiger partial charge < -0.3 is 24.0 Å². The zero-order valence-electron chi connectivity index (χ0n) is 16.4. The van der Waals surface area contributed by atoms with Crippen LogP contribution >= 0.6 is 0 Å². The Labute approximate surface area is 158 Å². The van der Waals surface area contributed by atoms with Gasteiger partial charge in [-0.15, -0.1) is 0 Å². The number of hydrogen-bond acceptors (Lipinski definition) is 6. The average molecular weight is 371 g/mol. The van der Waals surface area contributed by atoms with Crippen LogP contribution in [0.5, 0.6) is 0 Å². The molecular weight excluding hydrogens is 346 g/mol. The summed E-state index contributed by atoms with van der Waals surface area (Å²) in [5.41, 5.74) is 4.07. The predicted molar refractivity (Wildman–Crippen MR) is 103 cm³/mol. The summed E-state index contributed by atoms with van der Waals surface area (Å²) in [6, 6.07) is 5.57. The van der Waals surface area contributed by atoms with Crippen molar-refractivity contribution in [1.82, 2.24) is 19.6 Å². The number of benzene rings is 1. The third-order valence-electron chi connectivity index (χ3n) is 4.64. The summed E-state index contributed by atoms with van der Waals surface area (Å²) in [5.74, 6) is 1.41. The Morgan fingerprint density at radius 3 is 2.81 bits per heavy atom. The van der Waals surface area contributed by atoms with Crippen molar-refractivity contribution in [2.45, 2.75) is 20.4 Å². The molecule has 0 aliphatic rings. The maximum atomic E-state index is 12.8. The van der Waals surface area contributed by atoms with Gasteiger partial charge in [0.15, 0.2) is 0 Å². The number of amides is 1. The zero-order valence-corrected chi connectivity index (χ0v) is 16.4. The first-order chi connectivity index (χ1) is 12.9. The third kappa shape index (κ3) is 3.80. The van der Waals surface area contributed by atoms with E-state index in [1.165, 1.54) is 0 Å². The molecule has 27 heavy (non-hydrogen) atoms. The van der Waals surface area contributed by atoms with Crippen molar-refractivity contribution in [2.24, 2.45) is 7.05 Å². The van der Waals surface area contributed by atoms with Gasteiger partial charge in [-0.2, -0.15) is 0 Å². The smallest absolute Gasteiger partial charge is 0.253 e. The molecule has 3 aromatic rings. The number of aryl methyl sites for hydroxylation is 3. The first-order valence-electron chi connectivity index (χ1n) is 8.79. The van der Waals surface area contributed by atoms with Gasteiger partial charge in [0.1, 0.15) is 5.76 Å². The fourth-order valence-electron chi connectivity index (χ4n) is 3.01. The molecule has 0 bridgehead atoms. The lowest BCUT2D eigenvalue weighted by molar-refractivity contribution is 0.0784. The van der Waals surface area contributed by atoms with E-state index in [2.05, 4.69) is 15.5 Å². The van der Waals surface area contributed by atoms with Gasteiger partial charge in [-0.3, -0.25) is 4.79 Å². The quantitative estimate of drug-likeness (QED) is 0.642. The molecule has 8 heteroatoms. The van der Waals surface area contributed by atoms with Gasteiger partial charge >= 0.3 is 0 Å². The van der Waals surface area contributed by atoms with Crippen molar-refractivity contribution >= 4 is 22.9 Å². The van der Waals surface area contributed by atoms with Gasteiger partial charge in [-0.25, -0.2) is 4.98 Å². The van der Waals surface area contributed by atoms with Crippen molar-refractivity contribution in [1.29, 1.82) is 0 Å². The van der Waals surface area contributed by atoms with Crippen molar-refractivity contribution < 1.29 is 14.1 Å². The summed E-state index contributed by atoms with van der Waals surface area (Å²) >= 11 is 0. The minimum atomic E-state index is -0.0727. The molecule has 0 atom stereocenters. The summed E-state index contributed by atoms with van der Waals surface area (Å²) in [4.78, 5) is 19.1. The molecule has 0 aliphatic heterocycles. The summed E-state index contributed by atoms with van der Waals surface area (Å²) in [7, 11) is 5.37. The number of fused-ring (bicyclic) bond motifs is 1. The third-order valence-corrected chi connectivity index (χ3v) is 4.64. The van der Waals surface area contributed by atoms with Crippen LogP contribution in [0.2, 0.25) is 0 Å². The van der Waals surface area contributed by atoms with E-state index in [9.17, 15) is 4.79 Å². The fraction of sp³-hybridized carbons (Fsp3) is 0.421. The molecule has 1 amide bonds. The van der Waals surface area contributed by atoms with Crippen LogP contribution in [-0.4, -0.2) is 52.8 Å². The van der Waals surface area contributed by atoms with Gasteiger partial charge in [0.2, 0.25) is 5.95 Å². The summed E-state index contributed by atoms with van der Waals surface area (Å²) in [5, 5.41) is 7.17. The molecule has 2 heterocycles. The summed E-state index contributed by atoms with van der Waals surface area (Å²) in [6.07, 6.45) is 0. The number of carbonyl (C=O) groups is 1. The molecule has 0 radical (unpaired) electrons. The predicted octanol–water partition coefficient (Wildman–Crippen LogP) is 2.51. The molecule has 0 saturated heterocycles. The largest absolute Gasteiger partial charge is 0.383 e. The van der Waals surface area contributed by atoms with Crippen molar-refractivity contribution in [3.05, 3.63) is 40.8 Å². The highest BCUT2D eigenvalue weighted by atomic mass is 16.5. The Hall–Kier alpha value is -2.87. The first kappa shape index (κ1) is 18.9. The fourth-order valence-corrected chi connectivity index (χ4v) is 3.01. The Balaban J connectivity index is 1.80. The number of nitrogens with zero attached hydrogens (tertiary/aromatic N) is 4. The minimum absolute atomic E-state index is 0.0727. The first-order valence-corrected chi connectivity index (χ1v) is 8.79. The van der Waals surface area contributed by atoms with E-state index in [0.717, 1.165) is 34.0 Å². The van der Waals surface area contributed by atoms with E-state index in [1.54, 1.807) is 19.1 Å². The molecule has 1 N–H and O–H groups in total. The maximum absolute atomic E-state index is 12.8. The standard InChI is InChI=1S/C19H25N5O3/c1-12-15(13(2)27-22-12)11-23(3)18(25)14-6-7-17-16(10-14)21-19(24(17)4)20-8-9-26-5/h6-7,10H,8-9,11H2,1-5H3,(H,20,21). The molecule has 144 valence electrons. The highest BCUT2D eigenvalue weighted by Gasteiger charge is 2.18. The van der Waals surface area contributed by atoms with Crippen LogP contribution in [0.3, 0.4) is 0 Å². The van der Waals surface area contributed by atoms with Crippen LogP contribution in [0.1, 0.15) is 27.4 Å². The monoisotopic (exact) mass is 371 g/mol. The summed E-state index contributed by atoms with van der Waals surface area (Å²) < 4.78 is 12.2. The lowest BCUT2D eigenvalue weighted by Gasteiger charge is -2.17. The zero-order chi connectivity index (χ0) is 19.6. The van der Waals surface area contributed by atoms with Crippen LogP contribution in [0.4, 0.5) is 5.95 Å². The minimum Gasteiger partial charge on any atom is -0.383 e. The van der Waals surface area contributed by atoms with E-state index in [-0.39, 0.29) is 5.91 Å². The van der Waals surface area contributed by atoms with E-state index < -0.39 is 0 Å². The molecule has 0 fully saturated rings. The van der Waals surface area contributed by atoms with Gasteiger partial charge in [-0.1, -0.05) is 5.16 Å². The highest BCUT2D eigenvalue weighted by molar-refractivity contribution is 5.97. The van der Waals surface area contributed by atoms with E-state index >= 15 is 0 Å². The average Bonchev–Trinajstić information content (AvgIpc) is 3.14. The Bertz CT molecular complexity index is 940. The maximum Gasteiger partial charge on any atom is 0.253 e. The van der Waals surface area contributed by atoms with Gasteiger partial charge in [-0.05, 0) is 32.0 Å². The van der Waals surface area contributed by atoms with Crippen LogP contribution in [-0.2, 0) is 18.3 Å². The normalized spacial score (nSPS) is 11.1. The van der Waals surface area contributed by atoms with E-state index in [0.29, 0.717) is 25.3 Å². The van der Waals surface area contributed by atoms with E-state index in [1.807, 2.05) is 43.7 Å². The number of aromatic nitrogens is 3.